The van der Waals surface area contributed by atoms with E-state index in [0.29, 0.717) is 23.4 Å². The Kier molecular flexibility index (Phi) is 7.37. The van der Waals surface area contributed by atoms with Crippen molar-refractivity contribution in [2.75, 3.05) is 12.8 Å². The molecule has 0 aliphatic heterocycles. The fraction of sp³-hybridized carbons (Fsp3) is 0.435. The summed E-state index contributed by atoms with van der Waals surface area (Å²) < 4.78 is 7.56. The summed E-state index contributed by atoms with van der Waals surface area (Å²) in [6.07, 6.45) is 2.65. The number of hydrogen-bond donors (Lipinski definition) is 0. The summed E-state index contributed by atoms with van der Waals surface area (Å²) >= 11 is 1.42. The highest BCUT2D eigenvalue weighted by atomic mass is 32.2. The first-order valence-corrected chi connectivity index (χ1v) is 11.2. The molecule has 0 aliphatic carbocycles. The largest absolute Gasteiger partial charge is 0.467 e. The number of carbonyl (C=O) groups excluding carboxylic acids is 1. The highest BCUT2D eigenvalue weighted by molar-refractivity contribution is 7.99. The maximum Gasteiger partial charge on any atom is 0.233 e. The van der Waals surface area contributed by atoms with Gasteiger partial charge in [0.2, 0.25) is 5.91 Å². The van der Waals surface area contributed by atoms with Crippen molar-refractivity contribution in [2.24, 2.45) is 5.92 Å². The molecule has 3 aromatic rings. The molecule has 1 unspecified atom stereocenters. The summed E-state index contributed by atoms with van der Waals surface area (Å²) in [5.74, 6) is 2.56. The summed E-state index contributed by atoms with van der Waals surface area (Å²) in [7, 11) is 1.88. The summed E-state index contributed by atoms with van der Waals surface area (Å²) in [5.41, 5.74) is 2.15. The third-order valence-electron chi connectivity index (χ3n) is 5.08. The van der Waals surface area contributed by atoms with Crippen molar-refractivity contribution in [3.05, 3.63) is 54.0 Å². The predicted octanol–water partition coefficient (Wildman–Crippen LogP) is 4.88. The second kappa shape index (κ2) is 9.98. The maximum atomic E-state index is 12.7. The standard InChI is InChI=1S/C23H30N4O2S/c1-16(2)12-18(4)26(5)21(28)15-30-23-25-24-22(19-9-6-8-17(3)13-19)27(23)14-20-10-7-11-29-20/h6-11,13,16,18H,12,14-15H2,1-5H3. The fourth-order valence-electron chi connectivity index (χ4n) is 3.41. The number of nitrogens with zero attached hydrogens (tertiary/aromatic N) is 4. The molecule has 2 aromatic heterocycles. The molecule has 3 rings (SSSR count). The van der Waals surface area contributed by atoms with Crippen molar-refractivity contribution in [1.82, 2.24) is 19.7 Å². The third-order valence-corrected chi connectivity index (χ3v) is 6.03. The van der Waals surface area contributed by atoms with Gasteiger partial charge in [-0.2, -0.15) is 0 Å². The molecule has 0 N–H and O–H groups in total. The van der Waals surface area contributed by atoms with Crippen LogP contribution in [-0.4, -0.2) is 44.4 Å². The van der Waals surface area contributed by atoms with Crippen LogP contribution < -0.4 is 0 Å². The van der Waals surface area contributed by atoms with Crippen LogP contribution in [0.25, 0.3) is 11.4 Å². The van der Waals surface area contributed by atoms with E-state index in [0.717, 1.165) is 29.1 Å². The van der Waals surface area contributed by atoms with E-state index in [1.165, 1.54) is 11.8 Å². The van der Waals surface area contributed by atoms with Crippen LogP contribution >= 0.6 is 11.8 Å². The Hall–Kier alpha value is -2.54. The number of amides is 1. The van der Waals surface area contributed by atoms with E-state index in [1.807, 2.05) is 40.8 Å². The second-order valence-electron chi connectivity index (χ2n) is 8.11. The zero-order valence-electron chi connectivity index (χ0n) is 18.3. The molecule has 1 amide bonds. The van der Waals surface area contributed by atoms with Gasteiger partial charge in [0, 0.05) is 18.7 Å². The van der Waals surface area contributed by atoms with Gasteiger partial charge in [-0.3, -0.25) is 9.36 Å². The van der Waals surface area contributed by atoms with E-state index in [9.17, 15) is 4.79 Å². The Morgan fingerprint density at radius 1 is 1.20 bits per heavy atom. The number of carbonyl (C=O) groups is 1. The molecule has 0 radical (unpaired) electrons. The molecule has 160 valence electrons. The molecule has 2 heterocycles. The predicted molar refractivity (Wildman–Crippen MR) is 120 cm³/mol. The van der Waals surface area contributed by atoms with Gasteiger partial charge < -0.3 is 9.32 Å². The van der Waals surface area contributed by atoms with Crippen LogP contribution in [0.4, 0.5) is 0 Å². The average molecular weight is 427 g/mol. The Labute approximate surface area is 182 Å². The number of hydrogen-bond acceptors (Lipinski definition) is 5. The van der Waals surface area contributed by atoms with E-state index in [-0.39, 0.29) is 11.9 Å². The van der Waals surface area contributed by atoms with Gasteiger partial charge in [0.25, 0.3) is 0 Å². The van der Waals surface area contributed by atoms with Gasteiger partial charge in [-0.05, 0) is 44.4 Å². The minimum Gasteiger partial charge on any atom is -0.467 e. The first-order valence-electron chi connectivity index (χ1n) is 10.3. The van der Waals surface area contributed by atoms with Gasteiger partial charge in [-0.1, -0.05) is 49.4 Å². The normalized spacial score (nSPS) is 12.3. The van der Waals surface area contributed by atoms with Gasteiger partial charge in [-0.25, -0.2) is 0 Å². The van der Waals surface area contributed by atoms with Crippen molar-refractivity contribution in [3.8, 4) is 11.4 Å². The number of aromatic nitrogens is 3. The molecule has 1 aromatic carbocycles. The molecule has 0 aliphatic rings. The quantitative estimate of drug-likeness (QED) is 0.456. The summed E-state index contributed by atoms with van der Waals surface area (Å²) in [4.78, 5) is 14.6. The topological polar surface area (TPSA) is 64.2 Å². The fourth-order valence-corrected chi connectivity index (χ4v) is 4.27. The van der Waals surface area contributed by atoms with Crippen LogP contribution in [0.15, 0.2) is 52.2 Å². The maximum absolute atomic E-state index is 12.7. The molecule has 0 spiro atoms. The molecular formula is C23H30N4O2S. The van der Waals surface area contributed by atoms with Crippen molar-refractivity contribution >= 4 is 17.7 Å². The van der Waals surface area contributed by atoms with Crippen LogP contribution in [0.1, 0.15) is 38.5 Å². The van der Waals surface area contributed by atoms with Crippen molar-refractivity contribution in [1.29, 1.82) is 0 Å². The monoisotopic (exact) mass is 426 g/mol. The molecule has 7 heteroatoms. The third kappa shape index (κ3) is 5.53. The number of benzene rings is 1. The average Bonchev–Trinajstić information content (AvgIpc) is 3.35. The number of thioether (sulfide) groups is 1. The van der Waals surface area contributed by atoms with E-state index in [1.54, 1.807) is 6.26 Å². The van der Waals surface area contributed by atoms with E-state index >= 15 is 0 Å². The van der Waals surface area contributed by atoms with E-state index in [2.05, 4.69) is 50.0 Å². The second-order valence-corrected chi connectivity index (χ2v) is 9.06. The lowest BCUT2D eigenvalue weighted by molar-refractivity contribution is -0.129. The first kappa shape index (κ1) is 22.2. The van der Waals surface area contributed by atoms with Crippen LogP contribution in [0.3, 0.4) is 0 Å². The molecule has 0 fully saturated rings. The Morgan fingerprint density at radius 2 is 2.00 bits per heavy atom. The lowest BCUT2D eigenvalue weighted by Crippen LogP contribution is -2.37. The molecule has 0 bridgehead atoms. The minimum atomic E-state index is 0.0952. The van der Waals surface area contributed by atoms with Crippen LogP contribution in [-0.2, 0) is 11.3 Å². The smallest absolute Gasteiger partial charge is 0.233 e. The molecular weight excluding hydrogens is 396 g/mol. The zero-order chi connectivity index (χ0) is 21.7. The molecule has 6 nitrogen and oxygen atoms in total. The Bertz CT molecular complexity index is 966. The van der Waals surface area contributed by atoms with Gasteiger partial charge in [-0.15, -0.1) is 10.2 Å². The minimum absolute atomic E-state index is 0.0952. The van der Waals surface area contributed by atoms with Crippen LogP contribution in [0, 0.1) is 12.8 Å². The van der Waals surface area contributed by atoms with Crippen LogP contribution in [0.2, 0.25) is 0 Å². The van der Waals surface area contributed by atoms with Crippen molar-refractivity contribution in [2.45, 2.75) is 51.9 Å². The SMILES string of the molecule is Cc1cccc(-c2nnc(SCC(=O)N(C)C(C)CC(C)C)n2Cc2ccco2)c1. The zero-order valence-corrected chi connectivity index (χ0v) is 19.1. The lowest BCUT2D eigenvalue weighted by atomic mass is 10.0. The lowest BCUT2D eigenvalue weighted by Gasteiger charge is -2.26. The van der Waals surface area contributed by atoms with Gasteiger partial charge >= 0.3 is 0 Å². The van der Waals surface area contributed by atoms with Gasteiger partial charge in [0.1, 0.15) is 5.76 Å². The summed E-state index contributed by atoms with van der Waals surface area (Å²) in [6.45, 7) is 9.01. The van der Waals surface area contributed by atoms with Gasteiger partial charge in [0.05, 0.1) is 18.6 Å². The van der Waals surface area contributed by atoms with Crippen LogP contribution in [0.5, 0.6) is 0 Å². The first-order chi connectivity index (χ1) is 14.3. The number of aryl methyl sites for hydroxylation is 1. The Balaban J connectivity index is 1.79. The molecule has 1 atom stereocenters. The van der Waals surface area contributed by atoms with E-state index in [4.69, 9.17) is 4.42 Å². The highest BCUT2D eigenvalue weighted by Crippen LogP contribution is 2.26. The van der Waals surface area contributed by atoms with Crippen molar-refractivity contribution < 1.29 is 9.21 Å². The Morgan fingerprint density at radius 3 is 2.67 bits per heavy atom. The number of furan rings is 1. The van der Waals surface area contributed by atoms with Crippen molar-refractivity contribution in [3.63, 3.8) is 0 Å². The molecule has 0 saturated carbocycles. The molecule has 0 saturated heterocycles. The van der Waals surface area contributed by atoms with Gasteiger partial charge in [0.15, 0.2) is 11.0 Å². The van der Waals surface area contributed by atoms with E-state index < -0.39 is 0 Å². The number of rotatable bonds is 9. The summed E-state index contributed by atoms with van der Waals surface area (Å²) in [6, 6.07) is 12.2. The molecule has 30 heavy (non-hydrogen) atoms. The summed E-state index contributed by atoms with van der Waals surface area (Å²) in [5, 5.41) is 9.53. The highest BCUT2D eigenvalue weighted by Gasteiger charge is 2.20.